The molecule has 1 N–H and O–H groups in total. The quantitative estimate of drug-likeness (QED) is 0.354. The minimum atomic E-state index is -1.000. The van der Waals surface area contributed by atoms with Gasteiger partial charge in [-0.3, -0.25) is 4.79 Å². The lowest BCUT2D eigenvalue weighted by Gasteiger charge is -2.45. The molecule has 6 nitrogen and oxygen atoms in total. The van der Waals surface area contributed by atoms with Crippen molar-refractivity contribution < 1.29 is 14.6 Å². The Morgan fingerprint density at radius 1 is 1.65 bits per heavy atom. The molecule has 0 saturated heterocycles. The van der Waals surface area contributed by atoms with Crippen LogP contribution in [0.25, 0.3) is 10.4 Å². The SMILES string of the molecule is COC(=O)C1CCC(O)(CN=[N+]=[N-])CC1(C)C. The lowest BCUT2D eigenvalue weighted by molar-refractivity contribution is -0.156. The van der Waals surface area contributed by atoms with Gasteiger partial charge in [0.05, 0.1) is 25.2 Å². The molecule has 1 saturated carbocycles. The Morgan fingerprint density at radius 3 is 2.76 bits per heavy atom. The monoisotopic (exact) mass is 241 g/mol. The van der Waals surface area contributed by atoms with E-state index in [9.17, 15) is 9.90 Å². The number of carbonyl (C=O) groups is 1. The molecule has 0 aromatic rings. The molecule has 1 aliphatic rings. The van der Waals surface area contributed by atoms with Gasteiger partial charge in [-0.05, 0) is 30.2 Å². The standard InChI is InChI=1S/C11H19N3O3/c1-10(2)6-11(16,7-13-14-12)5-4-8(10)9(15)17-3/h8,16H,4-7H2,1-3H3. The number of nitrogens with zero attached hydrogens (tertiary/aromatic N) is 3. The topological polar surface area (TPSA) is 95.3 Å². The van der Waals surface area contributed by atoms with Gasteiger partial charge in [0, 0.05) is 4.91 Å². The maximum Gasteiger partial charge on any atom is 0.309 e. The second-order valence-corrected chi connectivity index (χ2v) is 5.39. The van der Waals surface area contributed by atoms with Crippen LogP contribution in [0, 0.1) is 11.3 Å². The minimum absolute atomic E-state index is 0.0564. The average Bonchev–Trinajstić information content (AvgIpc) is 2.24. The second kappa shape index (κ2) is 4.94. The Hall–Kier alpha value is -1.26. The molecular weight excluding hydrogens is 222 g/mol. The largest absolute Gasteiger partial charge is 0.469 e. The summed E-state index contributed by atoms with van der Waals surface area (Å²) >= 11 is 0. The molecule has 2 atom stereocenters. The molecule has 2 unspecified atom stereocenters. The Bertz CT molecular complexity index is 350. The highest BCUT2D eigenvalue weighted by atomic mass is 16.5. The molecule has 0 amide bonds. The van der Waals surface area contributed by atoms with Crippen molar-refractivity contribution >= 4 is 5.97 Å². The van der Waals surface area contributed by atoms with E-state index >= 15 is 0 Å². The number of hydrogen-bond acceptors (Lipinski definition) is 4. The first-order chi connectivity index (χ1) is 7.84. The van der Waals surface area contributed by atoms with E-state index < -0.39 is 5.60 Å². The maximum absolute atomic E-state index is 11.6. The summed E-state index contributed by atoms with van der Waals surface area (Å²) in [4.78, 5) is 14.3. The van der Waals surface area contributed by atoms with Crippen LogP contribution >= 0.6 is 0 Å². The van der Waals surface area contributed by atoms with Crippen molar-refractivity contribution in [3.05, 3.63) is 10.4 Å². The Morgan fingerprint density at radius 2 is 2.29 bits per heavy atom. The van der Waals surface area contributed by atoms with Crippen molar-refractivity contribution in [3.8, 4) is 0 Å². The van der Waals surface area contributed by atoms with Gasteiger partial charge in [0.25, 0.3) is 0 Å². The number of methoxy groups -OCH3 is 1. The molecule has 17 heavy (non-hydrogen) atoms. The van der Waals surface area contributed by atoms with Gasteiger partial charge in [-0.15, -0.1) is 0 Å². The summed E-state index contributed by atoms with van der Waals surface area (Å²) in [6.07, 6.45) is 1.44. The van der Waals surface area contributed by atoms with E-state index in [2.05, 4.69) is 10.0 Å². The van der Waals surface area contributed by atoms with Crippen LogP contribution in [0.2, 0.25) is 0 Å². The van der Waals surface area contributed by atoms with E-state index in [1.807, 2.05) is 13.8 Å². The van der Waals surface area contributed by atoms with E-state index in [0.29, 0.717) is 19.3 Å². The summed E-state index contributed by atoms with van der Waals surface area (Å²) in [5, 5.41) is 13.7. The van der Waals surface area contributed by atoms with Crippen molar-refractivity contribution in [1.29, 1.82) is 0 Å². The Kier molecular flexibility index (Phi) is 4.01. The number of hydrogen-bond donors (Lipinski definition) is 1. The Labute approximate surface area is 101 Å². The number of ether oxygens (including phenoxy) is 1. The average molecular weight is 241 g/mol. The fourth-order valence-corrected chi connectivity index (χ4v) is 2.74. The van der Waals surface area contributed by atoms with E-state index in [4.69, 9.17) is 10.3 Å². The van der Waals surface area contributed by atoms with Crippen molar-refractivity contribution in [1.82, 2.24) is 0 Å². The van der Waals surface area contributed by atoms with Crippen molar-refractivity contribution in [3.63, 3.8) is 0 Å². The number of rotatable bonds is 3. The van der Waals surface area contributed by atoms with Gasteiger partial charge >= 0.3 is 5.97 Å². The van der Waals surface area contributed by atoms with E-state index in [0.717, 1.165) is 0 Å². The molecule has 1 rings (SSSR count). The third kappa shape index (κ3) is 3.11. The van der Waals surface area contributed by atoms with Gasteiger partial charge in [0.2, 0.25) is 0 Å². The van der Waals surface area contributed by atoms with Crippen LogP contribution in [-0.4, -0.2) is 30.3 Å². The lowest BCUT2D eigenvalue weighted by Crippen LogP contribution is -2.48. The highest BCUT2D eigenvalue weighted by Gasteiger charge is 2.47. The first-order valence-electron chi connectivity index (χ1n) is 5.66. The molecule has 0 aromatic heterocycles. The van der Waals surface area contributed by atoms with Crippen LogP contribution in [0.4, 0.5) is 0 Å². The van der Waals surface area contributed by atoms with Gasteiger partial charge in [-0.1, -0.05) is 19.0 Å². The smallest absolute Gasteiger partial charge is 0.309 e. The zero-order valence-corrected chi connectivity index (χ0v) is 10.5. The van der Waals surface area contributed by atoms with Crippen LogP contribution in [0.3, 0.4) is 0 Å². The molecule has 0 heterocycles. The van der Waals surface area contributed by atoms with E-state index in [1.165, 1.54) is 7.11 Å². The first-order valence-corrected chi connectivity index (χ1v) is 5.66. The molecule has 0 radical (unpaired) electrons. The van der Waals surface area contributed by atoms with Crippen LogP contribution in [-0.2, 0) is 9.53 Å². The van der Waals surface area contributed by atoms with Gasteiger partial charge in [-0.2, -0.15) is 0 Å². The van der Waals surface area contributed by atoms with Crippen LogP contribution in [0.1, 0.15) is 33.1 Å². The summed E-state index contributed by atoms with van der Waals surface area (Å²) in [7, 11) is 1.37. The number of aliphatic hydroxyl groups is 1. The van der Waals surface area contributed by atoms with Crippen LogP contribution in [0.15, 0.2) is 5.11 Å². The third-order valence-electron chi connectivity index (χ3n) is 3.54. The van der Waals surface area contributed by atoms with Crippen molar-refractivity contribution in [2.24, 2.45) is 16.4 Å². The second-order valence-electron chi connectivity index (χ2n) is 5.39. The van der Waals surface area contributed by atoms with Gasteiger partial charge in [0.15, 0.2) is 0 Å². The van der Waals surface area contributed by atoms with Crippen molar-refractivity contribution in [2.45, 2.75) is 38.7 Å². The molecule has 0 aliphatic heterocycles. The predicted molar refractivity (Wildman–Crippen MR) is 62.1 cm³/mol. The fourth-order valence-electron chi connectivity index (χ4n) is 2.74. The molecule has 1 aliphatic carbocycles. The molecule has 0 aromatic carbocycles. The Balaban J connectivity index is 2.80. The molecule has 0 bridgehead atoms. The number of esters is 1. The summed E-state index contributed by atoms with van der Waals surface area (Å²) in [6, 6.07) is 0. The molecule has 96 valence electrons. The van der Waals surface area contributed by atoms with Gasteiger partial charge < -0.3 is 9.84 Å². The molecule has 1 fully saturated rings. The summed E-state index contributed by atoms with van der Waals surface area (Å²) in [5.74, 6) is -0.445. The highest BCUT2D eigenvalue weighted by Crippen LogP contribution is 2.45. The summed E-state index contributed by atoms with van der Waals surface area (Å²) in [6.45, 7) is 3.91. The number of azide groups is 1. The fraction of sp³-hybridized carbons (Fsp3) is 0.909. The summed E-state index contributed by atoms with van der Waals surface area (Å²) in [5.41, 5.74) is 6.94. The molecule has 6 heteroatoms. The lowest BCUT2D eigenvalue weighted by atomic mass is 9.63. The highest BCUT2D eigenvalue weighted by molar-refractivity contribution is 5.73. The van der Waals surface area contributed by atoms with Gasteiger partial charge in [-0.25, -0.2) is 0 Å². The van der Waals surface area contributed by atoms with E-state index in [-0.39, 0.29) is 23.8 Å². The van der Waals surface area contributed by atoms with Crippen LogP contribution in [0.5, 0.6) is 0 Å². The molecular formula is C11H19N3O3. The number of carbonyl (C=O) groups excluding carboxylic acids is 1. The minimum Gasteiger partial charge on any atom is -0.469 e. The summed E-state index contributed by atoms with van der Waals surface area (Å²) < 4.78 is 4.77. The third-order valence-corrected chi connectivity index (χ3v) is 3.54. The van der Waals surface area contributed by atoms with E-state index in [1.54, 1.807) is 0 Å². The van der Waals surface area contributed by atoms with Crippen molar-refractivity contribution in [2.75, 3.05) is 13.7 Å². The first kappa shape index (κ1) is 13.8. The molecule has 0 spiro atoms. The maximum atomic E-state index is 11.6. The van der Waals surface area contributed by atoms with Gasteiger partial charge in [0.1, 0.15) is 0 Å². The van der Waals surface area contributed by atoms with Crippen LogP contribution < -0.4 is 0 Å². The predicted octanol–water partition coefficient (Wildman–Crippen LogP) is 2.03. The normalized spacial score (nSPS) is 31.4. The zero-order valence-electron chi connectivity index (χ0n) is 10.5. The zero-order chi connectivity index (χ0) is 13.1.